The molecule has 1 aromatic heterocycles. The molecule has 4 N–H and O–H groups in total. The first-order valence-electron chi connectivity index (χ1n) is 8.20. The van der Waals surface area contributed by atoms with Crippen molar-refractivity contribution in [2.75, 3.05) is 36.8 Å². The van der Waals surface area contributed by atoms with Crippen LogP contribution in [0.2, 0.25) is 0 Å². The zero-order chi connectivity index (χ0) is 21.2. The number of ether oxygens (including phenoxy) is 1. The molecule has 0 radical (unpaired) electrons. The summed E-state index contributed by atoms with van der Waals surface area (Å²) in [7, 11) is -3.85. The molecule has 1 fully saturated rings. The van der Waals surface area contributed by atoms with Crippen molar-refractivity contribution in [3.63, 3.8) is 0 Å². The fraction of sp³-hybridized carbons (Fsp3) is 0.333. The smallest absolute Gasteiger partial charge is 0.406 e. The van der Waals surface area contributed by atoms with Crippen LogP contribution < -0.4 is 21.2 Å². The van der Waals surface area contributed by atoms with E-state index in [4.69, 9.17) is 11.6 Å². The minimum absolute atomic E-state index is 0.111. The number of nitrogen functional groups attached to an aromatic ring is 1. The van der Waals surface area contributed by atoms with Gasteiger partial charge in [0.15, 0.2) is 5.13 Å². The van der Waals surface area contributed by atoms with E-state index in [9.17, 15) is 21.6 Å². The molecular weight excluding hydrogens is 433 g/mol. The molecule has 1 aromatic carbocycles. The van der Waals surface area contributed by atoms with E-state index in [0.717, 1.165) is 24.3 Å². The maximum absolute atomic E-state index is 12.8. The summed E-state index contributed by atoms with van der Waals surface area (Å²) in [5.74, 6) is 4.92. The van der Waals surface area contributed by atoms with Crippen molar-refractivity contribution >= 4 is 38.5 Å². The summed E-state index contributed by atoms with van der Waals surface area (Å²) < 4.78 is 67.2. The van der Waals surface area contributed by atoms with E-state index in [1.807, 2.05) is 4.90 Å². The molecule has 9 nitrogen and oxygen atoms in total. The van der Waals surface area contributed by atoms with Crippen molar-refractivity contribution < 1.29 is 26.3 Å². The lowest BCUT2D eigenvalue weighted by Crippen LogP contribution is -2.48. The first-order valence-corrected chi connectivity index (χ1v) is 10.5. The average Bonchev–Trinajstić information content (AvgIpc) is 3.02. The molecule has 0 aliphatic carbocycles. The van der Waals surface area contributed by atoms with E-state index in [0.29, 0.717) is 23.1 Å². The summed E-state index contributed by atoms with van der Waals surface area (Å²) in [5.41, 5.74) is 5.80. The van der Waals surface area contributed by atoms with Crippen molar-refractivity contribution in [2.24, 2.45) is 10.9 Å². The largest absolute Gasteiger partial charge is 0.573 e. The van der Waals surface area contributed by atoms with Gasteiger partial charge in [0.1, 0.15) is 11.6 Å². The highest BCUT2D eigenvalue weighted by atomic mass is 32.2. The van der Waals surface area contributed by atoms with Crippen LogP contribution in [0.5, 0.6) is 5.75 Å². The Morgan fingerprint density at radius 2 is 1.79 bits per heavy atom. The van der Waals surface area contributed by atoms with Gasteiger partial charge < -0.3 is 21.2 Å². The number of nitrogens with two attached hydrogens (primary N) is 2. The SMILES string of the molecule is N/N=C\c1sc(N2CCN(S(=O)(=O)c3ccc(OC(F)(F)F)cc3)CC2)nc1N. The summed E-state index contributed by atoms with van der Waals surface area (Å²) in [6.45, 7) is 1.12. The van der Waals surface area contributed by atoms with Gasteiger partial charge in [-0.25, -0.2) is 13.4 Å². The van der Waals surface area contributed by atoms with Gasteiger partial charge in [0.05, 0.1) is 16.0 Å². The zero-order valence-electron chi connectivity index (χ0n) is 14.8. The number of hydrazone groups is 1. The topological polar surface area (TPSA) is 127 Å². The van der Waals surface area contributed by atoms with E-state index in [1.165, 1.54) is 21.9 Å². The Morgan fingerprint density at radius 3 is 2.34 bits per heavy atom. The lowest BCUT2D eigenvalue weighted by atomic mass is 10.3. The van der Waals surface area contributed by atoms with Crippen LogP contribution in [0.4, 0.5) is 24.1 Å². The number of hydrogen-bond donors (Lipinski definition) is 2. The maximum atomic E-state index is 12.8. The molecule has 0 atom stereocenters. The quantitative estimate of drug-likeness (QED) is 0.401. The molecule has 1 saturated heterocycles. The second-order valence-electron chi connectivity index (χ2n) is 5.93. The van der Waals surface area contributed by atoms with Gasteiger partial charge in [-0.2, -0.15) is 9.41 Å². The van der Waals surface area contributed by atoms with Gasteiger partial charge in [-0.3, -0.25) is 0 Å². The number of anilines is 2. The standard InChI is InChI=1S/C15H17F3N6O3S2/c16-15(17,18)27-10-1-3-11(4-2-10)29(25,26)24-7-5-23(6-8-24)14-22-13(19)12(28-14)9-21-20/h1-4,9H,5-8,19-20H2/b21-9-. The van der Waals surface area contributed by atoms with Crippen molar-refractivity contribution in [3.05, 3.63) is 29.1 Å². The minimum Gasteiger partial charge on any atom is -0.406 e. The molecule has 2 aromatic rings. The Kier molecular flexibility index (Phi) is 5.86. The van der Waals surface area contributed by atoms with Crippen LogP contribution in [0.25, 0.3) is 0 Å². The number of aromatic nitrogens is 1. The van der Waals surface area contributed by atoms with E-state index < -0.39 is 22.1 Å². The molecule has 0 spiro atoms. The lowest BCUT2D eigenvalue weighted by molar-refractivity contribution is -0.274. The molecule has 1 aliphatic heterocycles. The molecule has 3 rings (SSSR count). The summed E-state index contributed by atoms with van der Waals surface area (Å²) in [6, 6.07) is 4.11. The van der Waals surface area contributed by atoms with E-state index in [1.54, 1.807) is 0 Å². The number of rotatable bonds is 5. The molecule has 0 bridgehead atoms. The zero-order valence-corrected chi connectivity index (χ0v) is 16.5. The predicted molar refractivity (Wildman–Crippen MR) is 102 cm³/mol. The molecule has 14 heteroatoms. The molecule has 1 aliphatic rings. The van der Waals surface area contributed by atoms with Crippen LogP contribution in [0.1, 0.15) is 4.88 Å². The first kappa shape index (κ1) is 21.1. The minimum atomic E-state index is -4.84. The highest BCUT2D eigenvalue weighted by Gasteiger charge is 2.32. The molecule has 2 heterocycles. The Hall–Kier alpha value is -2.58. The number of piperazine rings is 1. The number of thiazole rings is 1. The number of sulfonamides is 1. The summed E-state index contributed by atoms with van der Waals surface area (Å²) in [5, 5.41) is 4.04. The Morgan fingerprint density at radius 1 is 1.17 bits per heavy atom. The normalized spacial score (nSPS) is 16.4. The molecule has 0 unspecified atom stereocenters. The van der Waals surface area contributed by atoms with Crippen LogP contribution >= 0.6 is 11.3 Å². The maximum Gasteiger partial charge on any atom is 0.573 e. The highest BCUT2D eigenvalue weighted by Crippen LogP contribution is 2.29. The number of nitrogens with zero attached hydrogens (tertiary/aromatic N) is 4. The number of alkyl halides is 3. The first-order chi connectivity index (χ1) is 13.6. The number of hydrogen-bond acceptors (Lipinski definition) is 9. The van der Waals surface area contributed by atoms with Crippen LogP contribution in [0, 0.1) is 0 Å². The van der Waals surface area contributed by atoms with E-state index in [-0.39, 0.29) is 23.8 Å². The molecule has 0 saturated carbocycles. The third-order valence-corrected chi connectivity index (χ3v) is 7.05. The van der Waals surface area contributed by atoms with Gasteiger partial charge >= 0.3 is 6.36 Å². The van der Waals surface area contributed by atoms with Crippen LogP contribution in [-0.4, -0.2) is 56.5 Å². The van der Waals surface area contributed by atoms with Gasteiger partial charge in [-0.15, -0.1) is 13.2 Å². The molecule has 158 valence electrons. The Balaban J connectivity index is 1.67. The second kappa shape index (κ2) is 8.04. The molecule has 29 heavy (non-hydrogen) atoms. The average molecular weight is 450 g/mol. The predicted octanol–water partition coefficient (Wildman–Crippen LogP) is 1.43. The number of benzene rings is 1. The monoisotopic (exact) mass is 450 g/mol. The van der Waals surface area contributed by atoms with E-state index in [2.05, 4.69) is 14.8 Å². The highest BCUT2D eigenvalue weighted by molar-refractivity contribution is 7.89. The van der Waals surface area contributed by atoms with Gasteiger partial charge in [0, 0.05) is 26.2 Å². The number of halogens is 3. The molecular formula is C15H17F3N6O3S2. The van der Waals surface area contributed by atoms with Gasteiger partial charge in [-0.05, 0) is 24.3 Å². The van der Waals surface area contributed by atoms with Crippen LogP contribution in [0.15, 0.2) is 34.3 Å². The van der Waals surface area contributed by atoms with Crippen molar-refractivity contribution in [3.8, 4) is 5.75 Å². The third kappa shape index (κ3) is 4.89. The van der Waals surface area contributed by atoms with E-state index >= 15 is 0 Å². The van der Waals surface area contributed by atoms with Crippen LogP contribution in [0.3, 0.4) is 0 Å². The van der Waals surface area contributed by atoms with Crippen LogP contribution in [-0.2, 0) is 10.0 Å². The Labute approximate surface area is 168 Å². The van der Waals surface area contributed by atoms with Gasteiger partial charge in [0.2, 0.25) is 10.0 Å². The summed E-state index contributed by atoms with van der Waals surface area (Å²) >= 11 is 1.29. The van der Waals surface area contributed by atoms with Crippen molar-refractivity contribution in [1.29, 1.82) is 0 Å². The van der Waals surface area contributed by atoms with Crippen molar-refractivity contribution in [2.45, 2.75) is 11.3 Å². The summed E-state index contributed by atoms with van der Waals surface area (Å²) in [4.78, 5) is 6.63. The lowest BCUT2D eigenvalue weighted by Gasteiger charge is -2.33. The fourth-order valence-corrected chi connectivity index (χ4v) is 5.05. The third-order valence-electron chi connectivity index (χ3n) is 4.07. The van der Waals surface area contributed by atoms with Gasteiger partial charge in [0.25, 0.3) is 0 Å². The second-order valence-corrected chi connectivity index (χ2v) is 8.88. The van der Waals surface area contributed by atoms with Gasteiger partial charge in [-0.1, -0.05) is 11.3 Å². The summed E-state index contributed by atoms with van der Waals surface area (Å²) in [6.07, 6.45) is -3.45. The molecule has 0 amide bonds. The fourth-order valence-electron chi connectivity index (χ4n) is 2.71. The Bertz CT molecular complexity index is 984. The van der Waals surface area contributed by atoms with Crippen molar-refractivity contribution in [1.82, 2.24) is 9.29 Å².